The predicted octanol–water partition coefficient (Wildman–Crippen LogP) is 0.936. The molecule has 4 heteroatoms. The van der Waals surface area contributed by atoms with Crippen LogP contribution in [-0.2, 0) is 14.2 Å². The van der Waals surface area contributed by atoms with Crippen molar-refractivity contribution in [2.24, 2.45) is 5.73 Å². The summed E-state index contributed by atoms with van der Waals surface area (Å²) in [4.78, 5) is 0. The van der Waals surface area contributed by atoms with Gasteiger partial charge in [0.25, 0.3) is 0 Å². The molecular weight excluding hydrogens is 194 g/mol. The summed E-state index contributed by atoms with van der Waals surface area (Å²) in [5.74, 6) is 0. The molecule has 1 rings (SSSR count). The third kappa shape index (κ3) is 6.10. The minimum atomic E-state index is 0.332. The quantitative estimate of drug-likeness (QED) is 0.645. The van der Waals surface area contributed by atoms with Crippen molar-refractivity contribution < 1.29 is 14.2 Å². The summed E-state index contributed by atoms with van der Waals surface area (Å²) in [6.07, 6.45) is 4.82. The first-order valence-corrected chi connectivity index (χ1v) is 5.76. The van der Waals surface area contributed by atoms with Crippen LogP contribution in [0.4, 0.5) is 0 Å². The zero-order valence-electron chi connectivity index (χ0n) is 9.61. The van der Waals surface area contributed by atoms with Crippen molar-refractivity contribution in [1.82, 2.24) is 0 Å². The van der Waals surface area contributed by atoms with Crippen molar-refractivity contribution in [3.63, 3.8) is 0 Å². The Bertz CT molecular complexity index is 155. The van der Waals surface area contributed by atoms with E-state index < -0.39 is 0 Å². The van der Waals surface area contributed by atoms with E-state index in [1.165, 1.54) is 6.42 Å². The molecule has 0 aromatic rings. The smallest absolute Gasteiger partial charge is 0.0704 e. The molecule has 2 N–H and O–H groups in total. The van der Waals surface area contributed by atoms with E-state index in [0.29, 0.717) is 38.6 Å². The maximum Gasteiger partial charge on any atom is 0.0704 e. The molecule has 0 amide bonds. The first kappa shape index (κ1) is 12.9. The van der Waals surface area contributed by atoms with Crippen molar-refractivity contribution in [2.45, 2.75) is 37.8 Å². The van der Waals surface area contributed by atoms with E-state index in [4.69, 9.17) is 19.9 Å². The van der Waals surface area contributed by atoms with E-state index in [1.807, 2.05) is 0 Å². The molecule has 4 nitrogen and oxygen atoms in total. The van der Waals surface area contributed by atoms with Crippen LogP contribution in [0.3, 0.4) is 0 Å². The summed E-state index contributed by atoms with van der Waals surface area (Å²) in [5, 5.41) is 0. The second-order valence-electron chi connectivity index (χ2n) is 4.02. The summed E-state index contributed by atoms with van der Waals surface area (Å²) >= 11 is 0. The van der Waals surface area contributed by atoms with Gasteiger partial charge < -0.3 is 19.9 Å². The second kappa shape index (κ2) is 8.05. The Morgan fingerprint density at radius 2 is 1.93 bits per heavy atom. The topological polar surface area (TPSA) is 53.7 Å². The van der Waals surface area contributed by atoms with Crippen LogP contribution in [-0.4, -0.2) is 45.7 Å². The molecule has 0 saturated heterocycles. The van der Waals surface area contributed by atoms with Crippen molar-refractivity contribution in [3.05, 3.63) is 0 Å². The van der Waals surface area contributed by atoms with E-state index in [2.05, 4.69) is 0 Å². The molecule has 0 aliphatic heterocycles. The lowest BCUT2D eigenvalue weighted by atomic mass is 9.94. The molecule has 1 aliphatic rings. The standard InChI is InChI=1S/C11H23NO3/c1-13-5-6-14-7-8-15-11-4-2-3-10(12)9-11/h10-11H,2-9,12H2,1H3. The van der Waals surface area contributed by atoms with Crippen molar-refractivity contribution in [2.75, 3.05) is 33.5 Å². The molecule has 15 heavy (non-hydrogen) atoms. The van der Waals surface area contributed by atoms with Gasteiger partial charge in [-0.25, -0.2) is 0 Å². The van der Waals surface area contributed by atoms with E-state index in [9.17, 15) is 0 Å². The Labute approximate surface area is 92.1 Å². The third-order valence-electron chi connectivity index (χ3n) is 2.68. The minimum Gasteiger partial charge on any atom is -0.382 e. The van der Waals surface area contributed by atoms with E-state index in [1.54, 1.807) is 7.11 Å². The lowest BCUT2D eigenvalue weighted by Crippen LogP contribution is -2.32. The lowest BCUT2D eigenvalue weighted by molar-refractivity contribution is -0.0207. The molecule has 1 aliphatic carbocycles. The number of hydrogen-bond acceptors (Lipinski definition) is 4. The summed E-state index contributed by atoms with van der Waals surface area (Å²) < 4.78 is 15.9. The van der Waals surface area contributed by atoms with Gasteiger partial charge in [0.05, 0.1) is 32.5 Å². The molecule has 2 atom stereocenters. The molecular formula is C11H23NO3. The molecule has 1 fully saturated rings. The van der Waals surface area contributed by atoms with Gasteiger partial charge in [0.1, 0.15) is 0 Å². The van der Waals surface area contributed by atoms with Crippen LogP contribution >= 0.6 is 0 Å². The maximum absolute atomic E-state index is 5.87. The predicted molar refractivity (Wildman–Crippen MR) is 58.9 cm³/mol. The Balaban J connectivity index is 1.90. The molecule has 0 aromatic heterocycles. The van der Waals surface area contributed by atoms with E-state index in [0.717, 1.165) is 19.3 Å². The minimum absolute atomic E-state index is 0.332. The maximum atomic E-state index is 5.87. The third-order valence-corrected chi connectivity index (χ3v) is 2.68. The fourth-order valence-corrected chi connectivity index (χ4v) is 1.85. The van der Waals surface area contributed by atoms with Gasteiger partial charge in [0.2, 0.25) is 0 Å². The highest BCUT2D eigenvalue weighted by molar-refractivity contribution is 4.75. The number of rotatable bonds is 7. The normalized spacial score (nSPS) is 26.8. The highest BCUT2D eigenvalue weighted by Crippen LogP contribution is 2.19. The zero-order valence-corrected chi connectivity index (χ0v) is 9.61. The van der Waals surface area contributed by atoms with Crippen LogP contribution in [0.5, 0.6) is 0 Å². The van der Waals surface area contributed by atoms with Gasteiger partial charge in [-0.2, -0.15) is 0 Å². The summed E-state index contributed by atoms with van der Waals surface area (Å²) in [5.41, 5.74) is 5.87. The van der Waals surface area contributed by atoms with E-state index >= 15 is 0 Å². The monoisotopic (exact) mass is 217 g/mol. The molecule has 0 radical (unpaired) electrons. The summed E-state index contributed by atoms with van der Waals surface area (Å²) in [7, 11) is 1.67. The highest BCUT2D eigenvalue weighted by atomic mass is 16.5. The molecule has 0 aromatic carbocycles. The first-order chi connectivity index (χ1) is 7.33. The zero-order chi connectivity index (χ0) is 10.9. The second-order valence-corrected chi connectivity index (χ2v) is 4.02. The fraction of sp³-hybridized carbons (Fsp3) is 1.00. The van der Waals surface area contributed by atoms with Crippen LogP contribution in [0.25, 0.3) is 0 Å². The number of methoxy groups -OCH3 is 1. The Hall–Kier alpha value is -0.160. The van der Waals surface area contributed by atoms with E-state index in [-0.39, 0.29) is 0 Å². The number of hydrogen-bond donors (Lipinski definition) is 1. The summed E-state index contributed by atoms with van der Waals surface area (Å²) in [6, 6.07) is 0.332. The van der Waals surface area contributed by atoms with Crippen LogP contribution in [0, 0.1) is 0 Å². The van der Waals surface area contributed by atoms with Gasteiger partial charge in [-0.1, -0.05) is 0 Å². The van der Waals surface area contributed by atoms with Crippen molar-refractivity contribution >= 4 is 0 Å². The van der Waals surface area contributed by atoms with Gasteiger partial charge in [0.15, 0.2) is 0 Å². The van der Waals surface area contributed by atoms with Crippen LogP contribution < -0.4 is 5.73 Å². The van der Waals surface area contributed by atoms with Crippen molar-refractivity contribution in [3.8, 4) is 0 Å². The molecule has 2 unspecified atom stereocenters. The molecule has 0 spiro atoms. The molecule has 90 valence electrons. The average molecular weight is 217 g/mol. The first-order valence-electron chi connectivity index (χ1n) is 5.76. The molecule has 1 saturated carbocycles. The SMILES string of the molecule is COCCOCCOC1CCCC(N)C1. The summed E-state index contributed by atoms with van der Waals surface area (Å²) in [6.45, 7) is 2.61. The Morgan fingerprint density at radius 3 is 2.67 bits per heavy atom. The van der Waals surface area contributed by atoms with Crippen LogP contribution in [0.1, 0.15) is 25.7 Å². The highest BCUT2D eigenvalue weighted by Gasteiger charge is 2.19. The average Bonchev–Trinajstić information content (AvgIpc) is 2.23. The van der Waals surface area contributed by atoms with Crippen LogP contribution in [0.2, 0.25) is 0 Å². The number of nitrogens with two attached hydrogens (primary N) is 1. The molecule has 0 bridgehead atoms. The van der Waals surface area contributed by atoms with Gasteiger partial charge in [0, 0.05) is 13.2 Å². The Kier molecular flexibility index (Phi) is 6.92. The van der Waals surface area contributed by atoms with Crippen molar-refractivity contribution in [1.29, 1.82) is 0 Å². The van der Waals surface area contributed by atoms with Gasteiger partial charge in [-0.3, -0.25) is 0 Å². The van der Waals surface area contributed by atoms with Gasteiger partial charge >= 0.3 is 0 Å². The lowest BCUT2D eigenvalue weighted by Gasteiger charge is -2.26. The van der Waals surface area contributed by atoms with Gasteiger partial charge in [-0.05, 0) is 25.7 Å². The number of ether oxygens (including phenoxy) is 3. The Morgan fingerprint density at radius 1 is 1.13 bits per heavy atom. The van der Waals surface area contributed by atoms with Crippen LogP contribution in [0.15, 0.2) is 0 Å². The molecule has 0 heterocycles. The fourth-order valence-electron chi connectivity index (χ4n) is 1.85. The van der Waals surface area contributed by atoms with Gasteiger partial charge in [-0.15, -0.1) is 0 Å². The largest absolute Gasteiger partial charge is 0.382 e.